The molecule has 0 aromatic heterocycles. The highest BCUT2D eigenvalue weighted by molar-refractivity contribution is 7.80. The van der Waals surface area contributed by atoms with Crippen LogP contribution in [0.1, 0.15) is 30.4 Å². The van der Waals surface area contributed by atoms with Crippen LogP contribution in [0.2, 0.25) is 0 Å². The van der Waals surface area contributed by atoms with Crippen LogP contribution >= 0.6 is 12.2 Å². The van der Waals surface area contributed by atoms with Gasteiger partial charge in [-0.1, -0.05) is 36.5 Å². The van der Waals surface area contributed by atoms with Crippen LogP contribution in [0.3, 0.4) is 0 Å². The molecule has 0 radical (unpaired) electrons. The van der Waals surface area contributed by atoms with E-state index in [1.54, 1.807) is 0 Å². The molecule has 17 heavy (non-hydrogen) atoms. The van der Waals surface area contributed by atoms with Crippen molar-refractivity contribution in [2.75, 3.05) is 6.54 Å². The highest BCUT2D eigenvalue weighted by Gasteiger charge is 2.37. The molecule has 1 heterocycles. The van der Waals surface area contributed by atoms with Crippen molar-refractivity contribution < 1.29 is 0 Å². The molecular formula is C14H18N2S. The Bertz CT molecular complexity index is 444. The molecule has 1 aliphatic heterocycles. The van der Waals surface area contributed by atoms with Crippen LogP contribution < -0.4 is 5.73 Å². The van der Waals surface area contributed by atoms with Crippen LogP contribution in [0.5, 0.6) is 0 Å². The van der Waals surface area contributed by atoms with E-state index < -0.39 is 0 Å². The molecule has 2 unspecified atom stereocenters. The van der Waals surface area contributed by atoms with Gasteiger partial charge in [0.25, 0.3) is 0 Å². The van der Waals surface area contributed by atoms with Gasteiger partial charge in [0.2, 0.25) is 0 Å². The smallest absolute Gasteiger partial charge is 0.104 e. The molecule has 0 amide bonds. The summed E-state index contributed by atoms with van der Waals surface area (Å²) in [5.41, 5.74) is 8.11. The number of fused-ring (bicyclic) bond motifs is 2. The summed E-state index contributed by atoms with van der Waals surface area (Å²) in [4.78, 5) is 3.12. The summed E-state index contributed by atoms with van der Waals surface area (Å²) < 4.78 is 0. The Morgan fingerprint density at radius 3 is 2.82 bits per heavy atom. The molecular weight excluding hydrogens is 228 g/mol. The Morgan fingerprint density at radius 1 is 1.35 bits per heavy atom. The quantitative estimate of drug-likeness (QED) is 0.830. The van der Waals surface area contributed by atoms with Crippen LogP contribution in [-0.4, -0.2) is 22.5 Å². The van der Waals surface area contributed by atoms with Gasteiger partial charge in [-0.3, -0.25) is 4.90 Å². The molecule has 3 heteroatoms. The topological polar surface area (TPSA) is 29.3 Å². The first kappa shape index (κ1) is 11.2. The Labute approximate surface area is 108 Å². The summed E-state index contributed by atoms with van der Waals surface area (Å²) in [5, 5.41) is 0. The van der Waals surface area contributed by atoms with Crippen LogP contribution in [0.4, 0.5) is 0 Å². The van der Waals surface area contributed by atoms with E-state index in [-0.39, 0.29) is 0 Å². The Morgan fingerprint density at radius 2 is 2.18 bits per heavy atom. The van der Waals surface area contributed by atoms with E-state index in [2.05, 4.69) is 17.0 Å². The maximum absolute atomic E-state index is 5.78. The van der Waals surface area contributed by atoms with Crippen molar-refractivity contribution in [3.63, 3.8) is 0 Å². The number of piperidine rings is 1. The second-order valence-electron chi connectivity index (χ2n) is 5.28. The van der Waals surface area contributed by atoms with Gasteiger partial charge < -0.3 is 5.73 Å². The van der Waals surface area contributed by atoms with Crippen molar-refractivity contribution in [3.05, 3.63) is 35.4 Å². The van der Waals surface area contributed by atoms with Crippen LogP contribution in [0.15, 0.2) is 24.3 Å². The average Bonchev–Trinajstić information content (AvgIpc) is 2.91. The van der Waals surface area contributed by atoms with Gasteiger partial charge >= 0.3 is 0 Å². The Balaban J connectivity index is 1.79. The molecule has 2 nitrogen and oxygen atoms in total. The standard InChI is InChI=1S/C14H18N2S/c15-14(17)13-4-2-1-3-11(13)9-16-8-10-5-6-12(16)7-10/h1-4,10,12H,5-9H2,(H2,15,17). The summed E-state index contributed by atoms with van der Waals surface area (Å²) in [5.74, 6) is 0.942. The zero-order chi connectivity index (χ0) is 11.8. The summed E-state index contributed by atoms with van der Waals surface area (Å²) in [6.07, 6.45) is 4.20. The van der Waals surface area contributed by atoms with Gasteiger partial charge in [0.05, 0.1) is 0 Å². The molecule has 2 fully saturated rings. The summed E-state index contributed by atoms with van der Waals surface area (Å²) >= 11 is 5.12. The first-order valence-corrected chi connectivity index (χ1v) is 6.76. The molecule has 2 bridgehead atoms. The van der Waals surface area contributed by atoms with Crippen LogP contribution in [0.25, 0.3) is 0 Å². The molecule has 1 saturated carbocycles. The van der Waals surface area contributed by atoms with Gasteiger partial charge in [-0.2, -0.15) is 0 Å². The first-order valence-electron chi connectivity index (χ1n) is 6.36. The minimum Gasteiger partial charge on any atom is -0.389 e. The predicted octanol–water partition coefficient (Wildman–Crippen LogP) is 2.31. The van der Waals surface area contributed by atoms with Crippen LogP contribution in [-0.2, 0) is 6.54 Å². The molecule has 1 aromatic carbocycles. The molecule has 0 spiro atoms. The number of hydrogen-bond acceptors (Lipinski definition) is 2. The zero-order valence-electron chi connectivity index (χ0n) is 9.93. The van der Waals surface area contributed by atoms with Crippen LogP contribution in [0, 0.1) is 5.92 Å². The number of hydrogen-bond donors (Lipinski definition) is 1. The van der Waals surface area contributed by atoms with E-state index in [1.807, 2.05) is 12.1 Å². The molecule has 1 aromatic rings. The molecule has 2 atom stereocenters. The summed E-state index contributed by atoms with van der Waals surface area (Å²) in [7, 11) is 0. The fourth-order valence-electron chi connectivity index (χ4n) is 3.34. The normalized spacial score (nSPS) is 27.5. The van der Waals surface area contributed by atoms with E-state index in [9.17, 15) is 0 Å². The zero-order valence-corrected chi connectivity index (χ0v) is 10.7. The van der Waals surface area contributed by atoms with E-state index in [4.69, 9.17) is 18.0 Å². The van der Waals surface area contributed by atoms with Crippen molar-refractivity contribution in [1.82, 2.24) is 4.90 Å². The number of likely N-dealkylation sites (tertiary alicyclic amines) is 1. The van der Waals surface area contributed by atoms with E-state index in [0.29, 0.717) is 4.99 Å². The summed E-state index contributed by atoms with van der Waals surface area (Å²) in [6, 6.07) is 9.07. The number of benzene rings is 1. The molecule has 2 N–H and O–H groups in total. The van der Waals surface area contributed by atoms with Crippen molar-refractivity contribution in [2.24, 2.45) is 11.7 Å². The van der Waals surface area contributed by atoms with Gasteiger partial charge in [0, 0.05) is 24.7 Å². The number of nitrogens with zero attached hydrogens (tertiary/aromatic N) is 1. The Hall–Kier alpha value is -0.930. The van der Waals surface area contributed by atoms with Crippen molar-refractivity contribution >= 4 is 17.2 Å². The van der Waals surface area contributed by atoms with Gasteiger partial charge in [0.1, 0.15) is 4.99 Å². The predicted molar refractivity (Wildman–Crippen MR) is 73.9 cm³/mol. The number of thiocarbonyl (C=S) groups is 1. The van der Waals surface area contributed by atoms with E-state index in [0.717, 1.165) is 24.1 Å². The first-order chi connectivity index (χ1) is 8.24. The monoisotopic (exact) mass is 246 g/mol. The second kappa shape index (κ2) is 4.39. The SMILES string of the molecule is NC(=S)c1ccccc1CN1CC2CCC1C2. The van der Waals surface area contributed by atoms with Crippen molar-refractivity contribution in [2.45, 2.75) is 31.8 Å². The van der Waals surface area contributed by atoms with E-state index in [1.165, 1.54) is 31.4 Å². The fraction of sp³-hybridized carbons (Fsp3) is 0.500. The van der Waals surface area contributed by atoms with Gasteiger partial charge in [0.15, 0.2) is 0 Å². The molecule has 2 aliphatic rings. The minimum absolute atomic E-state index is 0.518. The highest BCUT2D eigenvalue weighted by Crippen LogP contribution is 2.38. The molecule has 90 valence electrons. The largest absolute Gasteiger partial charge is 0.389 e. The lowest BCUT2D eigenvalue weighted by molar-refractivity contribution is 0.205. The van der Waals surface area contributed by atoms with Gasteiger partial charge in [-0.15, -0.1) is 0 Å². The highest BCUT2D eigenvalue weighted by atomic mass is 32.1. The van der Waals surface area contributed by atoms with E-state index >= 15 is 0 Å². The second-order valence-corrected chi connectivity index (χ2v) is 5.72. The Kier molecular flexibility index (Phi) is 2.89. The fourth-order valence-corrected chi connectivity index (χ4v) is 3.54. The maximum atomic E-state index is 5.78. The van der Waals surface area contributed by atoms with Crippen molar-refractivity contribution in [1.29, 1.82) is 0 Å². The molecule has 3 rings (SSSR count). The third kappa shape index (κ3) is 2.09. The lowest BCUT2D eigenvalue weighted by Crippen LogP contribution is -2.32. The lowest BCUT2D eigenvalue weighted by atomic mass is 10.1. The minimum atomic E-state index is 0.518. The number of rotatable bonds is 3. The van der Waals surface area contributed by atoms with Crippen molar-refractivity contribution in [3.8, 4) is 0 Å². The molecule has 1 aliphatic carbocycles. The number of nitrogens with two attached hydrogens (primary N) is 1. The maximum Gasteiger partial charge on any atom is 0.104 e. The average molecular weight is 246 g/mol. The molecule has 1 saturated heterocycles. The lowest BCUT2D eigenvalue weighted by Gasteiger charge is -2.27. The summed E-state index contributed by atoms with van der Waals surface area (Å²) in [6.45, 7) is 2.27. The van der Waals surface area contributed by atoms with Gasteiger partial charge in [-0.25, -0.2) is 0 Å². The van der Waals surface area contributed by atoms with Gasteiger partial charge in [-0.05, 0) is 30.7 Å². The third-order valence-electron chi connectivity index (χ3n) is 4.18. The third-order valence-corrected chi connectivity index (χ3v) is 4.40.